The van der Waals surface area contributed by atoms with Gasteiger partial charge in [-0.05, 0) is 49.4 Å². The molecule has 0 saturated heterocycles. The second-order valence-electron chi connectivity index (χ2n) is 6.60. The number of thiazole rings is 1. The van der Waals surface area contributed by atoms with E-state index in [4.69, 9.17) is 21.1 Å². The first kappa shape index (κ1) is 23.5. The zero-order chi connectivity index (χ0) is 22.4. The van der Waals surface area contributed by atoms with Crippen LogP contribution in [0.5, 0.6) is 5.75 Å². The molecule has 0 N–H and O–H groups in total. The van der Waals surface area contributed by atoms with Gasteiger partial charge in [0.05, 0.1) is 34.6 Å². The minimum Gasteiger partial charge on any atom is -0.497 e. The molecule has 0 aliphatic rings. The van der Waals surface area contributed by atoms with Gasteiger partial charge in [-0.2, -0.15) is 4.99 Å². The molecule has 7 nitrogen and oxygen atoms in total. The van der Waals surface area contributed by atoms with Gasteiger partial charge < -0.3 is 14.0 Å². The number of ether oxygens (including phenoxy) is 2. The van der Waals surface area contributed by atoms with Gasteiger partial charge >= 0.3 is 0 Å². The summed E-state index contributed by atoms with van der Waals surface area (Å²) in [6.45, 7) is 3.49. The van der Waals surface area contributed by atoms with E-state index in [0.717, 1.165) is 10.2 Å². The van der Waals surface area contributed by atoms with Crippen molar-refractivity contribution in [3.8, 4) is 5.75 Å². The van der Waals surface area contributed by atoms with E-state index >= 15 is 0 Å². The van der Waals surface area contributed by atoms with Crippen LogP contribution in [-0.2, 0) is 25.9 Å². The van der Waals surface area contributed by atoms with Crippen molar-refractivity contribution < 1.29 is 22.7 Å². The first-order valence-corrected chi connectivity index (χ1v) is 12.5. The number of amides is 1. The third kappa shape index (κ3) is 5.94. The minimum atomic E-state index is -3.61. The zero-order valence-corrected chi connectivity index (χ0v) is 19.6. The third-order valence-corrected chi connectivity index (χ3v) is 7.54. The Bertz CT molecular complexity index is 1230. The van der Waals surface area contributed by atoms with E-state index in [1.807, 2.05) is 23.6 Å². The van der Waals surface area contributed by atoms with Crippen molar-refractivity contribution in [3.63, 3.8) is 0 Å². The van der Waals surface area contributed by atoms with Crippen molar-refractivity contribution in [1.82, 2.24) is 4.57 Å². The summed E-state index contributed by atoms with van der Waals surface area (Å²) < 4.78 is 38.3. The molecule has 0 bridgehead atoms. The van der Waals surface area contributed by atoms with Crippen molar-refractivity contribution in [3.05, 3.63) is 52.3 Å². The van der Waals surface area contributed by atoms with Gasteiger partial charge in [0.1, 0.15) is 5.75 Å². The molecular weight excluding hydrogens is 460 g/mol. The van der Waals surface area contributed by atoms with Crippen molar-refractivity contribution in [2.24, 2.45) is 4.99 Å². The van der Waals surface area contributed by atoms with Gasteiger partial charge in [0.2, 0.25) is 5.91 Å². The number of hydrogen-bond donors (Lipinski definition) is 0. The molecule has 2 aromatic carbocycles. The number of rotatable bonds is 9. The number of hydrogen-bond acceptors (Lipinski definition) is 6. The lowest BCUT2D eigenvalue weighted by atomic mass is 10.3. The molecule has 0 unspecified atom stereocenters. The predicted molar refractivity (Wildman–Crippen MR) is 122 cm³/mol. The molecule has 0 aliphatic heterocycles. The van der Waals surface area contributed by atoms with Crippen LogP contribution in [0.15, 0.2) is 52.4 Å². The highest BCUT2D eigenvalue weighted by atomic mass is 35.5. The van der Waals surface area contributed by atoms with Gasteiger partial charge in [0.25, 0.3) is 0 Å². The van der Waals surface area contributed by atoms with E-state index < -0.39 is 15.7 Å². The highest BCUT2D eigenvalue weighted by Crippen LogP contribution is 2.22. The summed E-state index contributed by atoms with van der Waals surface area (Å²) in [5, 5.41) is 0.592. The van der Waals surface area contributed by atoms with Gasteiger partial charge in [-0.15, -0.1) is 0 Å². The summed E-state index contributed by atoms with van der Waals surface area (Å²) in [5.74, 6) is -0.261. The fourth-order valence-electron chi connectivity index (χ4n) is 2.93. The molecule has 0 saturated carbocycles. The number of benzene rings is 2. The maximum atomic E-state index is 12.5. The highest BCUT2D eigenvalue weighted by molar-refractivity contribution is 7.91. The van der Waals surface area contributed by atoms with E-state index in [1.54, 1.807) is 18.2 Å². The maximum absolute atomic E-state index is 12.5. The number of methoxy groups -OCH3 is 1. The molecule has 1 aromatic heterocycles. The van der Waals surface area contributed by atoms with E-state index in [0.29, 0.717) is 35.3 Å². The quantitative estimate of drug-likeness (QED) is 0.434. The molecule has 1 amide bonds. The van der Waals surface area contributed by atoms with Crippen LogP contribution in [0.4, 0.5) is 0 Å². The Morgan fingerprint density at radius 1 is 1.19 bits per heavy atom. The van der Waals surface area contributed by atoms with E-state index in [1.165, 1.54) is 30.6 Å². The number of nitrogens with zero attached hydrogens (tertiary/aromatic N) is 2. The minimum absolute atomic E-state index is 0.143. The zero-order valence-electron chi connectivity index (χ0n) is 17.2. The molecule has 3 rings (SSSR count). The van der Waals surface area contributed by atoms with E-state index in [9.17, 15) is 13.2 Å². The Hall–Kier alpha value is -2.20. The van der Waals surface area contributed by atoms with Crippen molar-refractivity contribution >= 4 is 48.9 Å². The summed E-state index contributed by atoms with van der Waals surface area (Å²) in [5.41, 5.74) is 0.895. The smallest absolute Gasteiger partial charge is 0.249 e. The normalized spacial score (nSPS) is 12.4. The van der Waals surface area contributed by atoms with Gasteiger partial charge in [-0.25, -0.2) is 8.42 Å². The fraction of sp³-hybridized carbons (Fsp3) is 0.333. The van der Waals surface area contributed by atoms with Crippen LogP contribution in [0.1, 0.15) is 13.3 Å². The maximum Gasteiger partial charge on any atom is 0.249 e. The summed E-state index contributed by atoms with van der Waals surface area (Å²) in [4.78, 5) is 17.3. The molecule has 166 valence electrons. The topological polar surface area (TPSA) is 87.0 Å². The summed E-state index contributed by atoms with van der Waals surface area (Å²) >= 11 is 7.42. The molecule has 0 spiro atoms. The molecule has 3 aromatic rings. The molecule has 0 atom stereocenters. The lowest BCUT2D eigenvalue weighted by Crippen LogP contribution is -2.20. The number of aromatic nitrogens is 1. The predicted octanol–water partition coefficient (Wildman–Crippen LogP) is 3.69. The van der Waals surface area contributed by atoms with Crippen molar-refractivity contribution in [1.29, 1.82) is 0 Å². The van der Waals surface area contributed by atoms with Crippen molar-refractivity contribution in [2.75, 3.05) is 26.1 Å². The van der Waals surface area contributed by atoms with Crippen LogP contribution in [0.25, 0.3) is 10.2 Å². The van der Waals surface area contributed by atoms with Gasteiger partial charge in [0, 0.05) is 24.6 Å². The van der Waals surface area contributed by atoms with Crippen LogP contribution in [0.3, 0.4) is 0 Å². The molecule has 0 radical (unpaired) electrons. The average molecular weight is 483 g/mol. The number of carbonyl (C=O) groups is 1. The number of fused-ring (bicyclic) bond motifs is 1. The second kappa shape index (κ2) is 10.4. The van der Waals surface area contributed by atoms with Crippen LogP contribution >= 0.6 is 22.9 Å². The molecule has 10 heteroatoms. The standard InChI is InChI=1S/C21H23ClN2O5S2/c1-3-29-12-11-24-18-9-4-15(22)14-19(18)30-21(24)23-20(25)10-13-31(26,27)17-7-5-16(28-2)6-8-17/h4-9,14H,3,10-13H2,1-2H3. The molecule has 0 aliphatic carbocycles. The largest absolute Gasteiger partial charge is 0.497 e. The van der Waals surface area contributed by atoms with Crippen LogP contribution in [0, 0.1) is 0 Å². The van der Waals surface area contributed by atoms with Gasteiger partial charge in [-0.1, -0.05) is 22.9 Å². The third-order valence-electron chi connectivity index (χ3n) is 4.53. The van der Waals surface area contributed by atoms with Crippen LogP contribution in [0.2, 0.25) is 5.02 Å². The first-order chi connectivity index (χ1) is 14.8. The molecule has 1 heterocycles. The average Bonchev–Trinajstić information content (AvgIpc) is 3.08. The second-order valence-corrected chi connectivity index (χ2v) is 10.1. The Balaban J connectivity index is 1.81. The first-order valence-electron chi connectivity index (χ1n) is 9.65. The van der Waals surface area contributed by atoms with Gasteiger partial charge in [0.15, 0.2) is 14.6 Å². The number of carbonyl (C=O) groups excluding carboxylic acids is 1. The molecule has 31 heavy (non-hydrogen) atoms. The fourth-order valence-corrected chi connectivity index (χ4v) is 5.51. The Labute approximate surface area is 189 Å². The monoisotopic (exact) mass is 482 g/mol. The summed E-state index contributed by atoms with van der Waals surface area (Å²) in [6, 6.07) is 11.5. The van der Waals surface area contributed by atoms with E-state index in [2.05, 4.69) is 4.99 Å². The number of sulfone groups is 1. The summed E-state index contributed by atoms with van der Waals surface area (Å²) in [6.07, 6.45) is -0.213. The lowest BCUT2D eigenvalue weighted by Gasteiger charge is -2.06. The Kier molecular flexibility index (Phi) is 7.88. The molecular formula is C21H23ClN2O5S2. The highest BCUT2D eigenvalue weighted by Gasteiger charge is 2.17. The Morgan fingerprint density at radius 3 is 2.61 bits per heavy atom. The van der Waals surface area contributed by atoms with Crippen LogP contribution in [-0.4, -0.2) is 45.0 Å². The van der Waals surface area contributed by atoms with Gasteiger partial charge in [-0.3, -0.25) is 4.79 Å². The number of halogens is 1. The Morgan fingerprint density at radius 2 is 1.94 bits per heavy atom. The van der Waals surface area contributed by atoms with Crippen molar-refractivity contribution in [2.45, 2.75) is 24.8 Å². The van der Waals surface area contributed by atoms with Crippen LogP contribution < -0.4 is 9.54 Å². The SMILES string of the molecule is CCOCCn1c(=NC(=O)CCS(=O)(=O)c2ccc(OC)cc2)sc2cc(Cl)ccc21. The molecule has 0 fully saturated rings. The lowest BCUT2D eigenvalue weighted by molar-refractivity contribution is -0.117. The van der Waals surface area contributed by atoms with E-state index in [-0.39, 0.29) is 17.1 Å². The summed E-state index contributed by atoms with van der Waals surface area (Å²) in [7, 11) is -2.10.